The second-order valence-corrected chi connectivity index (χ2v) is 7.00. The molecule has 1 heterocycles. The number of benzene rings is 2. The van der Waals surface area contributed by atoms with Gasteiger partial charge in [0.05, 0.1) is 13.3 Å². The topological polar surface area (TPSA) is 100 Å². The predicted octanol–water partition coefficient (Wildman–Crippen LogP) is 3.38. The molecular weight excluding hydrogens is 402 g/mol. The summed E-state index contributed by atoms with van der Waals surface area (Å²) in [4.78, 5) is 25.9. The van der Waals surface area contributed by atoms with Crippen LogP contribution in [0.25, 0.3) is 6.08 Å². The molecule has 3 aromatic rings. The largest absolute Gasteiger partial charge is 0.504 e. The van der Waals surface area contributed by atoms with E-state index in [1.54, 1.807) is 48.5 Å². The summed E-state index contributed by atoms with van der Waals surface area (Å²) in [7, 11) is 1.45. The van der Waals surface area contributed by atoms with Gasteiger partial charge < -0.3 is 15.2 Å². The van der Waals surface area contributed by atoms with Gasteiger partial charge in [-0.3, -0.25) is 9.59 Å². The molecule has 0 spiro atoms. The first-order chi connectivity index (χ1) is 14.6. The van der Waals surface area contributed by atoms with Gasteiger partial charge in [-0.05, 0) is 53.4 Å². The SMILES string of the molecule is COc1ccc(C=NNC(=O)C(=Cc2cccs2)NC(=O)c2ccccc2)cc1O. The third-order valence-electron chi connectivity index (χ3n) is 3.94. The number of phenolic OH excluding ortho intramolecular Hbond substituents is 1. The van der Waals surface area contributed by atoms with E-state index in [0.717, 1.165) is 4.88 Å². The van der Waals surface area contributed by atoms with Crippen molar-refractivity contribution >= 4 is 35.4 Å². The summed E-state index contributed by atoms with van der Waals surface area (Å²) in [5, 5.41) is 18.2. The zero-order valence-corrected chi connectivity index (χ0v) is 16.8. The molecule has 0 unspecified atom stereocenters. The number of aromatic hydroxyl groups is 1. The van der Waals surface area contributed by atoms with E-state index < -0.39 is 11.8 Å². The van der Waals surface area contributed by atoms with Crippen molar-refractivity contribution in [2.75, 3.05) is 7.11 Å². The fraction of sp³-hybridized carbons (Fsp3) is 0.0455. The molecular formula is C22H19N3O4S. The van der Waals surface area contributed by atoms with Crippen LogP contribution in [0.15, 0.2) is 76.8 Å². The number of amides is 2. The van der Waals surface area contributed by atoms with Crippen LogP contribution in [0.3, 0.4) is 0 Å². The summed E-state index contributed by atoms with van der Waals surface area (Å²) in [6.45, 7) is 0. The molecule has 0 fully saturated rings. The highest BCUT2D eigenvalue weighted by Crippen LogP contribution is 2.25. The van der Waals surface area contributed by atoms with Crippen LogP contribution in [0.5, 0.6) is 11.5 Å². The standard InChI is InChI=1S/C22H19N3O4S/c1-29-20-10-9-15(12-19(20)26)14-23-25-22(28)18(13-17-8-5-11-30-17)24-21(27)16-6-3-2-4-7-16/h2-14,26H,1H3,(H,24,27)(H,25,28). The maximum absolute atomic E-state index is 12.6. The molecule has 0 saturated carbocycles. The number of phenols is 1. The Balaban J connectivity index is 1.73. The monoisotopic (exact) mass is 421 g/mol. The van der Waals surface area contributed by atoms with Crippen LogP contribution in [0, 0.1) is 0 Å². The quantitative estimate of drug-likeness (QED) is 0.309. The molecule has 0 aliphatic rings. The smallest absolute Gasteiger partial charge is 0.287 e. The molecule has 8 heteroatoms. The van der Waals surface area contributed by atoms with E-state index in [-0.39, 0.29) is 11.4 Å². The van der Waals surface area contributed by atoms with E-state index in [1.807, 2.05) is 17.5 Å². The number of rotatable bonds is 7. The summed E-state index contributed by atoms with van der Waals surface area (Å²) in [6.07, 6.45) is 2.95. The van der Waals surface area contributed by atoms with Crippen LogP contribution in [0.4, 0.5) is 0 Å². The molecule has 0 atom stereocenters. The highest BCUT2D eigenvalue weighted by Gasteiger charge is 2.14. The minimum Gasteiger partial charge on any atom is -0.504 e. The fourth-order valence-electron chi connectivity index (χ4n) is 2.47. The summed E-state index contributed by atoms with van der Waals surface area (Å²) in [6, 6.07) is 17.0. The summed E-state index contributed by atoms with van der Waals surface area (Å²) >= 11 is 1.43. The van der Waals surface area contributed by atoms with Gasteiger partial charge in [0.15, 0.2) is 11.5 Å². The second-order valence-electron chi connectivity index (χ2n) is 6.02. The van der Waals surface area contributed by atoms with Crippen molar-refractivity contribution in [3.8, 4) is 11.5 Å². The number of nitrogens with one attached hydrogen (secondary N) is 2. The van der Waals surface area contributed by atoms with Gasteiger partial charge in [0.25, 0.3) is 11.8 Å². The minimum absolute atomic E-state index is 0.0406. The minimum atomic E-state index is -0.582. The van der Waals surface area contributed by atoms with Crippen molar-refractivity contribution in [2.24, 2.45) is 5.10 Å². The number of hydrogen-bond donors (Lipinski definition) is 3. The molecule has 2 aromatic carbocycles. The van der Waals surface area contributed by atoms with Gasteiger partial charge in [0, 0.05) is 10.4 Å². The zero-order chi connectivity index (χ0) is 21.3. The van der Waals surface area contributed by atoms with Crippen molar-refractivity contribution < 1.29 is 19.4 Å². The lowest BCUT2D eigenvalue weighted by atomic mass is 10.2. The summed E-state index contributed by atoms with van der Waals surface area (Å²) in [5.41, 5.74) is 3.44. The normalized spacial score (nSPS) is 11.3. The lowest BCUT2D eigenvalue weighted by molar-refractivity contribution is -0.117. The first-order valence-electron chi connectivity index (χ1n) is 8.89. The van der Waals surface area contributed by atoms with Gasteiger partial charge in [0.2, 0.25) is 0 Å². The third-order valence-corrected chi connectivity index (χ3v) is 4.76. The molecule has 30 heavy (non-hydrogen) atoms. The van der Waals surface area contributed by atoms with E-state index >= 15 is 0 Å². The molecule has 2 amide bonds. The Morgan fingerprint density at radius 1 is 1.10 bits per heavy atom. The van der Waals surface area contributed by atoms with Crippen molar-refractivity contribution in [1.82, 2.24) is 10.7 Å². The average molecular weight is 421 g/mol. The lowest BCUT2D eigenvalue weighted by Gasteiger charge is -2.08. The molecule has 0 radical (unpaired) electrons. The number of methoxy groups -OCH3 is 1. The van der Waals surface area contributed by atoms with Crippen molar-refractivity contribution in [3.05, 3.63) is 87.7 Å². The number of ether oxygens (including phenoxy) is 1. The Kier molecular flexibility index (Phi) is 6.96. The number of hydrazone groups is 1. The molecule has 152 valence electrons. The maximum Gasteiger partial charge on any atom is 0.287 e. The molecule has 0 aliphatic heterocycles. The summed E-state index contributed by atoms with van der Waals surface area (Å²) in [5.74, 6) is -0.693. The Morgan fingerprint density at radius 3 is 2.57 bits per heavy atom. The molecule has 3 N–H and O–H groups in total. The molecule has 0 aliphatic carbocycles. The van der Waals surface area contributed by atoms with Crippen molar-refractivity contribution in [2.45, 2.75) is 0 Å². The second kappa shape index (κ2) is 10.0. The maximum atomic E-state index is 12.6. The van der Waals surface area contributed by atoms with Gasteiger partial charge in [-0.15, -0.1) is 11.3 Å². The molecule has 0 bridgehead atoms. The van der Waals surface area contributed by atoms with Gasteiger partial charge in [0.1, 0.15) is 5.70 Å². The van der Waals surface area contributed by atoms with E-state index in [9.17, 15) is 14.7 Å². The van der Waals surface area contributed by atoms with Crippen LogP contribution < -0.4 is 15.5 Å². The highest BCUT2D eigenvalue weighted by molar-refractivity contribution is 7.10. The highest BCUT2D eigenvalue weighted by atomic mass is 32.1. The number of thiophene rings is 1. The first-order valence-corrected chi connectivity index (χ1v) is 9.77. The van der Waals surface area contributed by atoms with Crippen LogP contribution in [-0.4, -0.2) is 30.2 Å². The number of nitrogens with zero attached hydrogens (tertiary/aromatic N) is 1. The van der Waals surface area contributed by atoms with Gasteiger partial charge >= 0.3 is 0 Å². The lowest BCUT2D eigenvalue weighted by Crippen LogP contribution is -2.32. The number of hydrogen-bond acceptors (Lipinski definition) is 6. The Bertz CT molecular complexity index is 1080. The van der Waals surface area contributed by atoms with E-state index in [2.05, 4.69) is 15.8 Å². The van der Waals surface area contributed by atoms with Gasteiger partial charge in [-0.1, -0.05) is 24.3 Å². The van der Waals surface area contributed by atoms with Crippen LogP contribution in [-0.2, 0) is 4.79 Å². The van der Waals surface area contributed by atoms with E-state index in [1.165, 1.54) is 30.7 Å². The Labute approximate surface area is 177 Å². The summed E-state index contributed by atoms with van der Waals surface area (Å²) < 4.78 is 4.99. The van der Waals surface area contributed by atoms with Gasteiger partial charge in [-0.25, -0.2) is 5.43 Å². The average Bonchev–Trinajstić information content (AvgIpc) is 3.27. The molecule has 1 aromatic heterocycles. The third kappa shape index (κ3) is 5.55. The van der Waals surface area contributed by atoms with Crippen molar-refractivity contribution in [1.29, 1.82) is 0 Å². The number of carbonyl (C=O) groups is 2. The van der Waals surface area contributed by atoms with Crippen molar-refractivity contribution in [3.63, 3.8) is 0 Å². The van der Waals surface area contributed by atoms with Gasteiger partial charge in [-0.2, -0.15) is 5.10 Å². The van der Waals surface area contributed by atoms with E-state index in [0.29, 0.717) is 16.9 Å². The fourth-order valence-corrected chi connectivity index (χ4v) is 3.13. The number of carbonyl (C=O) groups excluding carboxylic acids is 2. The first kappa shape index (κ1) is 20.8. The van der Waals surface area contributed by atoms with E-state index in [4.69, 9.17) is 4.74 Å². The van der Waals surface area contributed by atoms with Crippen LogP contribution in [0.2, 0.25) is 0 Å². The van der Waals surface area contributed by atoms with Crippen LogP contribution >= 0.6 is 11.3 Å². The van der Waals surface area contributed by atoms with Crippen LogP contribution in [0.1, 0.15) is 20.8 Å². The molecule has 7 nitrogen and oxygen atoms in total. The Morgan fingerprint density at radius 2 is 1.90 bits per heavy atom. The molecule has 3 rings (SSSR count). The Hall–Kier alpha value is -3.91. The molecule has 0 saturated heterocycles. The zero-order valence-electron chi connectivity index (χ0n) is 16.0. The predicted molar refractivity (Wildman–Crippen MR) is 117 cm³/mol.